The van der Waals surface area contributed by atoms with E-state index in [1.54, 1.807) is 18.2 Å². The number of fused-ring (bicyclic) bond motifs is 6. The Morgan fingerprint density at radius 2 is 0.829 bits per heavy atom. The van der Waals surface area contributed by atoms with Gasteiger partial charge in [-0.3, -0.25) is 10.1 Å². The van der Waals surface area contributed by atoms with Gasteiger partial charge < -0.3 is 14.1 Å². The van der Waals surface area contributed by atoms with Crippen molar-refractivity contribution in [2.45, 2.75) is 0 Å². The van der Waals surface area contributed by atoms with Gasteiger partial charge in [-0.05, 0) is 129 Å². The summed E-state index contributed by atoms with van der Waals surface area (Å²) in [5.41, 5.74) is 17.9. The summed E-state index contributed by atoms with van der Waals surface area (Å²) < 4.78 is 4.48. The molecule has 6 heteroatoms. The molecule has 6 nitrogen and oxygen atoms in total. The third-order valence-electron chi connectivity index (χ3n) is 13.3. The Labute approximate surface area is 404 Å². The van der Waals surface area contributed by atoms with E-state index in [-0.39, 0.29) is 10.6 Å². The number of H-pyrrole nitrogens is 1. The maximum atomic E-state index is 11.5. The number of nitrogens with zero attached hydrogens (tertiary/aromatic N) is 3. The average molecular weight is 901 g/mol. The van der Waals surface area contributed by atoms with Crippen LogP contribution in [0.5, 0.6) is 0 Å². The maximum absolute atomic E-state index is 11.5. The molecule has 0 bridgehead atoms. The molecule has 0 aliphatic rings. The summed E-state index contributed by atoms with van der Waals surface area (Å²) in [7, 11) is 0. The number of nitro benzene ring substituents is 1. The van der Waals surface area contributed by atoms with Crippen LogP contribution in [0.4, 0.5) is 5.69 Å². The standard InChI is InChI=1S/C32H22N2O2.C32H22N2/c35-34(36)32-14-8-7-13-30(32)25-15-16-31-26(19-25)17-18-33(31)29-21-27(23-9-3-1-4-10-23)20-28(22-29)24-11-5-2-6-12-24;1-3-9-22(10-4-1)24-19-25(23-11-5-2-6-12-23)21-26(20-24)34-18-17-29-31(34)16-15-28-27-13-7-8-14-30(27)33-32(28)29/h1-22H;1-21,33H. The molecule has 10 aromatic carbocycles. The van der Waals surface area contributed by atoms with Crippen LogP contribution >= 0.6 is 0 Å². The molecule has 1 N–H and O–H groups in total. The Kier molecular flexibility index (Phi) is 10.7. The van der Waals surface area contributed by atoms with Gasteiger partial charge in [0.2, 0.25) is 0 Å². The van der Waals surface area contributed by atoms with Gasteiger partial charge in [0, 0.05) is 56.9 Å². The lowest BCUT2D eigenvalue weighted by Crippen LogP contribution is -1.95. The SMILES string of the molecule is O=[N+]([O-])c1ccccc1-c1ccc2c(ccn2-c2cc(-c3ccccc3)cc(-c3ccccc3)c2)c1.c1ccc(-c2cc(-c3ccccc3)cc(-n3ccc4c5[nH]c6ccccc6c5ccc43)c2)cc1. The molecule has 0 amide bonds. The highest BCUT2D eigenvalue weighted by atomic mass is 16.6. The first kappa shape index (κ1) is 41.9. The van der Waals surface area contributed by atoms with Gasteiger partial charge in [-0.15, -0.1) is 0 Å². The van der Waals surface area contributed by atoms with Gasteiger partial charge in [0.05, 0.1) is 27.0 Å². The molecule has 0 atom stereocenters. The van der Waals surface area contributed by atoms with Crippen LogP contribution < -0.4 is 0 Å². The lowest BCUT2D eigenvalue weighted by atomic mass is 9.98. The van der Waals surface area contributed by atoms with Crippen LogP contribution in [-0.2, 0) is 0 Å². The number of aromatic amines is 1. The first-order valence-corrected chi connectivity index (χ1v) is 23.4. The summed E-state index contributed by atoms with van der Waals surface area (Å²) in [5, 5.41) is 16.3. The molecular formula is C64H44N4O2. The van der Waals surface area contributed by atoms with Crippen LogP contribution in [0.25, 0.3) is 111 Å². The third-order valence-corrected chi connectivity index (χ3v) is 13.3. The van der Waals surface area contributed by atoms with E-state index < -0.39 is 0 Å². The highest BCUT2D eigenvalue weighted by molar-refractivity contribution is 6.16. The van der Waals surface area contributed by atoms with Gasteiger partial charge in [0.25, 0.3) is 5.69 Å². The molecule has 332 valence electrons. The number of nitro groups is 1. The molecule has 70 heavy (non-hydrogen) atoms. The molecule has 0 aliphatic carbocycles. The van der Waals surface area contributed by atoms with Crippen molar-refractivity contribution in [3.63, 3.8) is 0 Å². The lowest BCUT2D eigenvalue weighted by Gasteiger charge is -2.13. The Morgan fingerprint density at radius 3 is 1.39 bits per heavy atom. The highest BCUT2D eigenvalue weighted by Gasteiger charge is 2.17. The maximum Gasteiger partial charge on any atom is 0.277 e. The number of rotatable bonds is 8. The normalized spacial score (nSPS) is 11.3. The van der Waals surface area contributed by atoms with Crippen molar-refractivity contribution in [2.24, 2.45) is 0 Å². The molecule has 0 spiro atoms. The zero-order valence-electron chi connectivity index (χ0n) is 38.0. The predicted octanol–water partition coefficient (Wildman–Crippen LogP) is 17.1. The summed E-state index contributed by atoms with van der Waals surface area (Å²) >= 11 is 0. The van der Waals surface area contributed by atoms with Crippen LogP contribution in [0.1, 0.15) is 0 Å². The van der Waals surface area contributed by atoms with Crippen molar-refractivity contribution in [3.8, 4) is 67.0 Å². The van der Waals surface area contributed by atoms with E-state index in [0.717, 1.165) is 50.1 Å². The summed E-state index contributed by atoms with van der Waals surface area (Å²) in [6.07, 6.45) is 4.25. The minimum absolute atomic E-state index is 0.111. The molecule has 0 saturated carbocycles. The molecule has 3 heterocycles. The Balaban J connectivity index is 0.000000144. The molecule has 13 rings (SSSR count). The van der Waals surface area contributed by atoms with Gasteiger partial charge >= 0.3 is 0 Å². The highest BCUT2D eigenvalue weighted by Crippen LogP contribution is 2.37. The van der Waals surface area contributed by atoms with Crippen LogP contribution in [0.3, 0.4) is 0 Å². The molecule has 0 saturated heterocycles. The van der Waals surface area contributed by atoms with Crippen molar-refractivity contribution in [1.29, 1.82) is 0 Å². The van der Waals surface area contributed by atoms with E-state index in [4.69, 9.17) is 0 Å². The van der Waals surface area contributed by atoms with Crippen LogP contribution in [0.15, 0.2) is 261 Å². The Bertz CT molecular complexity index is 3910. The largest absolute Gasteiger partial charge is 0.354 e. The van der Waals surface area contributed by atoms with Crippen molar-refractivity contribution < 1.29 is 4.92 Å². The van der Waals surface area contributed by atoms with Gasteiger partial charge in [0.1, 0.15) is 0 Å². The lowest BCUT2D eigenvalue weighted by molar-refractivity contribution is -0.384. The third kappa shape index (κ3) is 7.89. The molecule has 0 aliphatic heterocycles. The smallest absolute Gasteiger partial charge is 0.277 e. The van der Waals surface area contributed by atoms with E-state index in [2.05, 4.69) is 221 Å². The molecule has 0 radical (unpaired) electrons. The van der Waals surface area contributed by atoms with Crippen LogP contribution in [0, 0.1) is 10.1 Å². The second-order valence-electron chi connectivity index (χ2n) is 17.5. The van der Waals surface area contributed by atoms with E-state index in [1.165, 1.54) is 55.0 Å². The fraction of sp³-hybridized carbons (Fsp3) is 0. The van der Waals surface area contributed by atoms with Crippen LogP contribution in [0.2, 0.25) is 0 Å². The monoisotopic (exact) mass is 900 g/mol. The van der Waals surface area contributed by atoms with Crippen molar-refractivity contribution >= 4 is 49.3 Å². The minimum Gasteiger partial charge on any atom is -0.354 e. The average Bonchev–Trinajstić information content (AvgIpc) is 4.17. The topological polar surface area (TPSA) is 68.8 Å². The van der Waals surface area contributed by atoms with E-state index in [9.17, 15) is 10.1 Å². The number of benzene rings is 10. The molecule has 13 aromatic rings. The molecule has 3 aromatic heterocycles. The van der Waals surface area contributed by atoms with Crippen molar-refractivity contribution in [3.05, 3.63) is 271 Å². The van der Waals surface area contributed by atoms with E-state index in [0.29, 0.717) is 5.56 Å². The number of hydrogen-bond donors (Lipinski definition) is 1. The number of hydrogen-bond acceptors (Lipinski definition) is 2. The first-order chi connectivity index (χ1) is 34.5. The van der Waals surface area contributed by atoms with E-state index in [1.807, 2.05) is 36.4 Å². The summed E-state index contributed by atoms with van der Waals surface area (Å²) in [5.74, 6) is 0. The molecule has 0 unspecified atom stereocenters. The number of para-hydroxylation sites is 2. The Morgan fingerprint density at radius 1 is 0.357 bits per heavy atom. The first-order valence-electron chi connectivity index (χ1n) is 23.4. The van der Waals surface area contributed by atoms with Gasteiger partial charge in [-0.1, -0.05) is 164 Å². The quantitative estimate of drug-likeness (QED) is 0.122. The second-order valence-corrected chi connectivity index (χ2v) is 17.5. The van der Waals surface area contributed by atoms with Gasteiger partial charge in [-0.25, -0.2) is 0 Å². The zero-order chi connectivity index (χ0) is 47.0. The summed E-state index contributed by atoms with van der Waals surface area (Å²) in [4.78, 5) is 14.9. The number of nitrogens with one attached hydrogen (secondary N) is 1. The minimum atomic E-state index is -0.328. The van der Waals surface area contributed by atoms with Gasteiger partial charge in [0.15, 0.2) is 0 Å². The fourth-order valence-corrected chi connectivity index (χ4v) is 9.86. The van der Waals surface area contributed by atoms with Crippen molar-refractivity contribution in [2.75, 3.05) is 0 Å². The van der Waals surface area contributed by atoms with Gasteiger partial charge in [-0.2, -0.15) is 0 Å². The van der Waals surface area contributed by atoms with Crippen LogP contribution in [-0.4, -0.2) is 19.0 Å². The summed E-state index contributed by atoms with van der Waals surface area (Å²) in [6, 6.07) is 85.7. The predicted molar refractivity (Wildman–Crippen MR) is 290 cm³/mol. The van der Waals surface area contributed by atoms with E-state index >= 15 is 0 Å². The fourth-order valence-electron chi connectivity index (χ4n) is 9.86. The summed E-state index contributed by atoms with van der Waals surface area (Å²) in [6.45, 7) is 0. The number of aromatic nitrogens is 3. The second kappa shape index (κ2) is 17.9. The molecular weight excluding hydrogens is 857 g/mol. The Hall–Kier alpha value is -9.52. The molecule has 0 fully saturated rings. The van der Waals surface area contributed by atoms with Crippen molar-refractivity contribution in [1.82, 2.24) is 14.1 Å². The zero-order valence-corrected chi connectivity index (χ0v) is 38.0.